The van der Waals surface area contributed by atoms with Crippen molar-refractivity contribution in [3.63, 3.8) is 0 Å². The van der Waals surface area contributed by atoms with Crippen molar-refractivity contribution in [3.05, 3.63) is 29.8 Å². The summed E-state index contributed by atoms with van der Waals surface area (Å²) in [5.41, 5.74) is 6.74. The molecule has 0 aromatic heterocycles. The second-order valence-electron chi connectivity index (χ2n) is 6.61. The zero-order valence-corrected chi connectivity index (χ0v) is 14.7. The summed E-state index contributed by atoms with van der Waals surface area (Å²) in [4.78, 5) is 2.80. The van der Waals surface area contributed by atoms with Gasteiger partial charge in [0.05, 0.1) is 6.61 Å². The summed E-state index contributed by atoms with van der Waals surface area (Å²) in [6.45, 7) is 10.8. The molecule has 0 radical (unpaired) electrons. The Kier molecular flexibility index (Phi) is 6.62. The van der Waals surface area contributed by atoms with E-state index in [1.54, 1.807) is 0 Å². The normalized spacial score (nSPS) is 13.2. The van der Waals surface area contributed by atoms with E-state index in [9.17, 15) is 0 Å². The van der Waals surface area contributed by atoms with Crippen LogP contribution in [0.2, 0.25) is 0 Å². The Morgan fingerprint density at radius 1 is 1.29 bits per heavy atom. The molecular weight excluding hydrogens is 280 g/mol. The van der Waals surface area contributed by atoms with Crippen LogP contribution in [-0.2, 0) is 0 Å². The minimum Gasteiger partial charge on any atom is -0.494 e. The Balaban J connectivity index is 2.32. The van der Waals surface area contributed by atoms with E-state index in [-0.39, 0.29) is 0 Å². The third-order valence-corrected chi connectivity index (χ3v) is 4.21. The third kappa shape index (κ3) is 6.02. The zero-order valence-electron chi connectivity index (χ0n) is 13.8. The highest BCUT2D eigenvalue weighted by atomic mass is 32.1. The molecular formula is C17H28N2OS. The largest absolute Gasteiger partial charge is 0.494 e. The van der Waals surface area contributed by atoms with Crippen molar-refractivity contribution in [1.29, 1.82) is 0 Å². The number of hydrogen-bond acceptors (Lipinski definition) is 3. The number of rotatable bonds is 7. The molecule has 0 saturated carbocycles. The van der Waals surface area contributed by atoms with Crippen LogP contribution in [0.4, 0.5) is 0 Å². The standard InChI is InChI=1S/C17H28N2OS/c1-13(17(2,3)4)19(5)11-6-12-20-15-9-7-14(8-10-15)16(18)21/h7-10,13H,6,11-12H2,1-5H3,(H2,18,21). The third-order valence-electron chi connectivity index (χ3n) is 3.98. The van der Waals surface area contributed by atoms with Gasteiger partial charge in [-0.3, -0.25) is 0 Å². The maximum atomic E-state index is 5.75. The fraction of sp³-hybridized carbons (Fsp3) is 0.588. The highest BCUT2D eigenvalue weighted by Crippen LogP contribution is 2.23. The van der Waals surface area contributed by atoms with Crippen molar-refractivity contribution in [2.45, 2.75) is 40.2 Å². The molecule has 4 heteroatoms. The Hall–Kier alpha value is -1.13. The summed E-state index contributed by atoms with van der Waals surface area (Å²) in [6.07, 6.45) is 1.01. The lowest BCUT2D eigenvalue weighted by Crippen LogP contribution is -2.40. The monoisotopic (exact) mass is 308 g/mol. The van der Waals surface area contributed by atoms with Crippen LogP contribution in [0.25, 0.3) is 0 Å². The molecule has 1 unspecified atom stereocenters. The Morgan fingerprint density at radius 3 is 2.33 bits per heavy atom. The van der Waals surface area contributed by atoms with Gasteiger partial charge in [0.25, 0.3) is 0 Å². The number of ether oxygens (including phenoxy) is 1. The molecule has 0 spiro atoms. The molecule has 0 fully saturated rings. The van der Waals surface area contributed by atoms with Crippen molar-refractivity contribution in [2.75, 3.05) is 20.2 Å². The highest BCUT2D eigenvalue weighted by molar-refractivity contribution is 7.80. The highest BCUT2D eigenvalue weighted by Gasteiger charge is 2.23. The van der Waals surface area contributed by atoms with Crippen molar-refractivity contribution in [2.24, 2.45) is 11.1 Å². The summed E-state index contributed by atoms with van der Waals surface area (Å²) in [7, 11) is 2.17. The van der Waals surface area contributed by atoms with Gasteiger partial charge in [-0.15, -0.1) is 0 Å². The van der Waals surface area contributed by atoms with Crippen molar-refractivity contribution in [3.8, 4) is 5.75 Å². The van der Waals surface area contributed by atoms with Crippen LogP contribution in [-0.4, -0.2) is 36.1 Å². The fourth-order valence-electron chi connectivity index (χ4n) is 2.07. The second-order valence-corrected chi connectivity index (χ2v) is 7.05. The van der Waals surface area contributed by atoms with Gasteiger partial charge in [0.15, 0.2) is 0 Å². The van der Waals surface area contributed by atoms with Crippen LogP contribution < -0.4 is 10.5 Å². The number of nitrogens with zero attached hydrogens (tertiary/aromatic N) is 1. The Labute approximate surface area is 134 Å². The lowest BCUT2D eigenvalue weighted by Gasteiger charge is -2.35. The van der Waals surface area contributed by atoms with E-state index in [1.807, 2.05) is 24.3 Å². The van der Waals surface area contributed by atoms with Crippen LogP contribution in [0.5, 0.6) is 5.75 Å². The van der Waals surface area contributed by atoms with Gasteiger partial charge in [-0.1, -0.05) is 33.0 Å². The first-order valence-electron chi connectivity index (χ1n) is 7.44. The van der Waals surface area contributed by atoms with Crippen molar-refractivity contribution < 1.29 is 4.74 Å². The van der Waals surface area contributed by atoms with Crippen LogP contribution in [0.15, 0.2) is 24.3 Å². The number of benzene rings is 1. The lowest BCUT2D eigenvalue weighted by molar-refractivity contribution is 0.133. The van der Waals surface area contributed by atoms with Crippen LogP contribution in [0.3, 0.4) is 0 Å². The molecule has 1 aromatic rings. The quantitative estimate of drug-likeness (QED) is 0.618. The molecule has 0 bridgehead atoms. The van der Waals surface area contributed by atoms with Crippen LogP contribution >= 0.6 is 12.2 Å². The molecule has 0 aliphatic rings. The van der Waals surface area contributed by atoms with Crippen LogP contribution in [0.1, 0.15) is 39.7 Å². The molecule has 0 heterocycles. The molecule has 0 amide bonds. The van der Waals surface area contributed by atoms with Gasteiger partial charge in [-0.2, -0.15) is 0 Å². The van der Waals surface area contributed by atoms with E-state index in [1.165, 1.54) is 0 Å². The Bertz CT molecular complexity index is 451. The molecule has 118 valence electrons. The molecule has 1 atom stereocenters. The molecule has 0 aliphatic heterocycles. The molecule has 0 aliphatic carbocycles. The van der Waals surface area contributed by atoms with Gasteiger partial charge in [-0.25, -0.2) is 0 Å². The van der Waals surface area contributed by atoms with E-state index in [4.69, 9.17) is 22.7 Å². The van der Waals surface area contributed by atoms with Crippen molar-refractivity contribution >= 4 is 17.2 Å². The first kappa shape index (κ1) is 17.9. The number of hydrogen-bond donors (Lipinski definition) is 1. The van der Waals surface area contributed by atoms with E-state index in [0.29, 0.717) is 23.1 Å². The maximum Gasteiger partial charge on any atom is 0.119 e. The SMILES string of the molecule is CC(N(C)CCCOc1ccc(C(N)=S)cc1)C(C)(C)C. The van der Waals surface area contributed by atoms with E-state index >= 15 is 0 Å². The van der Waals surface area contributed by atoms with Gasteiger partial charge in [0, 0.05) is 18.2 Å². The summed E-state index contributed by atoms with van der Waals surface area (Å²) in [6, 6.07) is 8.16. The minimum absolute atomic E-state index is 0.298. The van der Waals surface area contributed by atoms with Gasteiger partial charge in [-0.05, 0) is 50.1 Å². The summed E-state index contributed by atoms with van der Waals surface area (Å²) in [5, 5.41) is 0. The maximum absolute atomic E-state index is 5.75. The van der Waals surface area contributed by atoms with Gasteiger partial charge >= 0.3 is 0 Å². The fourth-order valence-corrected chi connectivity index (χ4v) is 2.21. The first-order valence-corrected chi connectivity index (χ1v) is 7.85. The molecule has 21 heavy (non-hydrogen) atoms. The predicted molar refractivity (Wildman–Crippen MR) is 94.0 cm³/mol. The molecule has 2 N–H and O–H groups in total. The van der Waals surface area contributed by atoms with Gasteiger partial charge < -0.3 is 15.4 Å². The number of nitrogens with two attached hydrogens (primary N) is 1. The van der Waals surface area contributed by atoms with E-state index in [2.05, 4.69) is 39.6 Å². The smallest absolute Gasteiger partial charge is 0.119 e. The first-order chi connectivity index (χ1) is 9.71. The van der Waals surface area contributed by atoms with Crippen LogP contribution in [0, 0.1) is 5.41 Å². The molecule has 0 saturated heterocycles. The van der Waals surface area contributed by atoms with Crippen molar-refractivity contribution in [1.82, 2.24) is 4.90 Å². The average molecular weight is 308 g/mol. The molecule has 1 aromatic carbocycles. The molecule has 3 nitrogen and oxygen atoms in total. The summed E-state index contributed by atoms with van der Waals surface area (Å²) < 4.78 is 5.75. The zero-order chi connectivity index (χ0) is 16.0. The second kappa shape index (κ2) is 7.76. The van der Waals surface area contributed by atoms with E-state index in [0.717, 1.165) is 24.3 Å². The predicted octanol–water partition coefficient (Wildman–Crippen LogP) is 3.46. The topological polar surface area (TPSA) is 38.5 Å². The summed E-state index contributed by atoms with van der Waals surface area (Å²) >= 11 is 4.93. The minimum atomic E-state index is 0.298. The lowest BCUT2D eigenvalue weighted by atomic mass is 9.87. The molecule has 1 rings (SSSR count). The average Bonchev–Trinajstić information content (AvgIpc) is 2.42. The van der Waals surface area contributed by atoms with Gasteiger partial charge in [0.2, 0.25) is 0 Å². The number of thiocarbonyl (C=S) groups is 1. The van der Waals surface area contributed by atoms with E-state index < -0.39 is 0 Å². The van der Waals surface area contributed by atoms with Gasteiger partial charge in [0.1, 0.15) is 10.7 Å². The summed E-state index contributed by atoms with van der Waals surface area (Å²) in [5.74, 6) is 0.863. The Morgan fingerprint density at radius 2 is 1.86 bits per heavy atom.